The Morgan fingerprint density at radius 2 is 1.77 bits per heavy atom. The number of alkyl halides is 1. The Balaban J connectivity index is 1.86. The topological polar surface area (TPSA) is 26.7 Å². The van der Waals surface area contributed by atoms with Crippen LogP contribution in [0, 0.1) is 0 Å². The number of hydrogen-bond donors (Lipinski definition) is 1. The molecule has 1 heterocycles. The summed E-state index contributed by atoms with van der Waals surface area (Å²) in [6.07, 6.45) is 3.90. The third-order valence-corrected chi connectivity index (χ3v) is 5.80. The number of halogens is 1. The standard InChI is InChI=1S/C22H27ClN2O/c1-21(2)19-7-5-6-8-20(19)25(4)22(21,26)14-13-17-9-11-18(12-10-17)24(3)16-15-23/h5-14,26H,15-16H2,1-4H3/b14-13+. The average Bonchev–Trinajstić information content (AvgIpc) is 2.79. The molecule has 3 rings (SSSR count). The van der Waals surface area contributed by atoms with E-state index in [9.17, 15) is 5.11 Å². The van der Waals surface area contributed by atoms with E-state index in [2.05, 4.69) is 55.1 Å². The predicted molar refractivity (Wildman–Crippen MR) is 112 cm³/mol. The molecule has 0 saturated heterocycles. The fraction of sp³-hybridized carbons (Fsp3) is 0.364. The van der Waals surface area contributed by atoms with Gasteiger partial charge in [0.05, 0.1) is 0 Å². The Kier molecular flexibility index (Phi) is 5.05. The van der Waals surface area contributed by atoms with Gasteiger partial charge in [-0.05, 0) is 35.4 Å². The molecule has 0 bridgehead atoms. The largest absolute Gasteiger partial charge is 0.373 e. The molecule has 26 heavy (non-hydrogen) atoms. The lowest BCUT2D eigenvalue weighted by atomic mass is 9.77. The summed E-state index contributed by atoms with van der Waals surface area (Å²) < 4.78 is 0. The summed E-state index contributed by atoms with van der Waals surface area (Å²) in [6.45, 7) is 4.99. The van der Waals surface area contributed by atoms with Gasteiger partial charge < -0.3 is 14.9 Å². The van der Waals surface area contributed by atoms with Crippen molar-refractivity contribution in [3.05, 3.63) is 65.7 Å². The molecule has 0 aromatic heterocycles. The summed E-state index contributed by atoms with van der Waals surface area (Å²) in [5.74, 6) is 0.604. The van der Waals surface area contributed by atoms with Gasteiger partial charge in [0.15, 0.2) is 5.72 Å². The Hall–Kier alpha value is -1.97. The van der Waals surface area contributed by atoms with E-state index >= 15 is 0 Å². The van der Waals surface area contributed by atoms with E-state index < -0.39 is 11.1 Å². The summed E-state index contributed by atoms with van der Waals surface area (Å²) in [7, 11) is 3.98. The van der Waals surface area contributed by atoms with Crippen LogP contribution in [0.25, 0.3) is 6.08 Å². The monoisotopic (exact) mass is 370 g/mol. The first-order valence-electron chi connectivity index (χ1n) is 8.93. The Bertz CT molecular complexity index is 800. The quantitative estimate of drug-likeness (QED) is 0.785. The lowest BCUT2D eigenvalue weighted by Crippen LogP contribution is -2.52. The molecule has 138 valence electrons. The second kappa shape index (κ2) is 6.98. The smallest absolute Gasteiger partial charge is 0.166 e. The van der Waals surface area contributed by atoms with E-state index in [1.54, 1.807) is 0 Å². The molecule has 0 radical (unpaired) electrons. The zero-order valence-electron chi connectivity index (χ0n) is 15.9. The first kappa shape index (κ1) is 18.8. The molecule has 0 aliphatic carbocycles. The summed E-state index contributed by atoms with van der Waals surface area (Å²) in [5.41, 5.74) is 2.93. The zero-order valence-corrected chi connectivity index (χ0v) is 16.7. The van der Waals surface area contributed by atoms with Crippen LogP contribution in [0.3, 0.4) is 0 Å². The van der Waals surface area contributed by atoms with Crippen molar-refractivity contribution in [2.75, 3.05) is 36.3 Å². The fourth-order valence-corrected chi connectivity index (χ4v) is 3.98. The van der Waals surface area contributed by atoms with E-state index in [-0.39, 0.29) is 0 Å². The number of benzene rings is 2. The number of aliphatic hydroxyl groups is 1. The van der Waals surface area contributed by atoms with E-state index in [4.69, 9.17) is 11.6 Å². The number of nitrogens with zero attached hydrogens (tertiary/aromatic N) is 2. The van der Waals surface area contributed by atoms with Gasteiger partial charge in [-0.15, -0.1) is 11.6 Å². The summed E-state index contributed by atoms with van der Waals surface area (Å²) >= 11 is 5.81. The Morgan fingerprint density at radius 3 is 2.38 bits per heavy atom. The molecule has 0 saturated carbocycles. The molecule has 2 aromatic carbocycles. The maximum atomic E-state index is 11.5. The predicted octanol–water partition coefficient (Wildman–Crippen LogP) is 4.49. The van der Waals surface area contributed by atoms with Crippen molar-refractivity contribution >= 4 is 29.1 Å². The van der Waals surface area contributed by atoms with Crippen LogP contribution < -0.4 is 9.80 Å². The lowest BCUT2D eigenvalue weighted by Gasteiger charge is -2.39. The number of likely N-dealkylation sites (N-methyl/N-ethyl adjacent to an activating group) is 1. The molecule has 1 unspecified atom stereocenters. The van der Waals surface area contributed by atoms with Crippen LogP contribution >= 0.6 is 11.6 Å². The molecule has 0 amide bonds. The van der Waals surface area contributed by atoms with Gasteiger partial charge in [-0.2, -0.15) is 0 Å². The number of para-hydroxylation sites is 1. The SMILES string of the molecule is CN(CCCl)c1ccc(/C=C/C2(O)N(C)c3ccccc3C2(C)C)cc1. The molecule has 0 fully saturated rings. The van der Waals surface area contributed by atoms with Gasteiger partial charge in [-0.25, -0.2) is 0 Å². The molecule has 0 spiro atoms. The first-order chi connectivity index (χ1) is 12.3. The summed E-state index contributed by atoms with van der Waals surface area (Å²) in [4.78, 5) is 4.08. The van der Waals surface area contributed by atoms with Crippen molar-refractivity contribution in [1.82, 2.24) is 0 Å². The average molecular weight is 371 g/mol. The van der Waals surface area contributed by atoms with Crippen LogP contribution in [0.5, 0.6) is 0 Å². The maximum absolute atomic E-state index is 11.5. The minimum atomic E-state index is -1.08. The van der Waals surface area contributed by atoms with Crippen molar-refractivity contribution in [1.29, 1.82) is 0 Å². The highest BCUT2D eigenvalue weighted by Gasteiger charge is 2.53. The van der Waals surface area contributed by atoms with E-state index in [1.165, 1.54) is 0 Å². The van der Waals surface area contributed by atoms with Gasteiger partial charge in [-0.1, -0.05) is 50.3 Å². The van der Waals surface area contributed by atoms with Gasteiger partial charge in [-0.3, -0.25) is 0 Å². The van der Waals surface area contributed by atoms with Crippen LogP contribution in [0.1, 0.15) is 25.0 Å². The van der Waals surface area contributed by atoms with Crippen molar-refractivity contribution in [2.24, 2.45) is 0 Å². The summed E-state index contributed by atoms with van der Waals surface area (Å²) in [5, 5.41) is 11.5. The molecular formula is C22H27ClN2O. The van der Waals surface area contributed by atoms with Gasteiger partial charge in [0.1, 0.15) is 0 Å². The van der Waals surface area contributed by atoms with Crippen LogP contribution in [0.15, 0.2) is 54.6 Å². The zero-order chi connectivity index (χ0) is 18.9. The Morgan fingerprint density at radius 1 is 1.12 bits per heavy atom. The van der Waals surface area contributed by atoms with E-state index in [1.807, 2.05) is 43.3 Å². The highest BCUT2D eigenvalue weighted by atomic mass is 35.5. The van der Waals surface area contributed by atoms with Gasteiger partial charge in [0.2, 0.25) is 0 Å². The second-order valence-corrected chi connectivity index (χ2v) is 7.84. The van der Waals surface area contributed by atoms with E-state index in [0.29, 0.717) is 5.88 Å². The minimum absolute atomic E-state index is 0.407. The van der Waals surface area contributed by atoms with Crippen molar-refractivity contribution in [3.63, 3.8) is 0 Å². The molecule has 1 N–H and O–H groups in total. The van der Waals surface area contributed by atoms with Gasteiger partial charge in [0.25, 0.3) is 0 Å². The van der Waals surface area contributed by atoms with Crippen molar-refractivity contribution in [3.8, 4) is 0 Å². The molecule has 3 nitrogen and oxygen atoms in total. The summed E-state index contributed by atoms with van der Waals surface area (Å²) in [6, 6.07) is 16.5. The van der Waals surface area contributed by atoms with Gasteiger partial charge in [0, 0.05) is 43.3 Å². The van der Waals surface area contributed by atoms with Crippen molar-refractivity contribution < 1.29 is 5.11 Å². The number of fused-ring (bicyclic) bond motifs is 1. The number of rotatable bonds is 5. The van der Waals surface area contributed by atoms with Crippen molar-refractivity contribution in [2.45, 2.75) is 25.0 Å². The third kappa shape index (κ3) is 3.00. The van der Waals surface area contributed by atoms with E-state index in [0.717, 1.165) is 29.0 Å². The molecule has 1 aliphatic heterocycles. The highest BCUT2D eigenvalue weighted by molar-refractivity contribution is 6.18. The molecule has 1 aliphatic rings. The highest BCUT2D eigenvalue weighted by Crippen LogP contribution is 2.50. The van der Waals surface area contributed by atoms with Crippen LogP contribution in [0.4, 0.5) is 11.4 Å². The normalized spacial score (nSPS) is 21.2. The molecule has 1 atom stereocenters. The molecular weight excluding hydrogens is 344 g/mol. The third-order valence-electron chi connectivity index (χ3n) is 5.63. The second-order valence-electron chi connectivity index (χ2n) is 7.46. The fourth-order valence-electron chi connectivity index (χ4n) is 3.72. The lowest BCUT2D eigenvalue weighted by molar-refractivity contribution is 0.0348. The number of hydrogen-bond acceptors (Lipinski definition) is 3. The maximum Gasteiger partial charge on any atom is 0.166 e. The minimum Gasteiger partial charge on any atom is -0.373 e. The van der Waals surface area contributed by atoms with Crippen LogP contribution in [-0.4, -0.2) is 37.4 Å². The van der Waals surface area contributed by atoms with Crippen LogP contribution in [-0.2, 0) is 5.41 Å². The van der Waals surface area contributed by atoms with Crippen LogP contribution in [0.2, 0.25) is 0 Å². The molecule has 2 aromatic rings. The van der Waals surface area contributed by atoms with Gasteiger partial charge >= 0.3 is 0 Å². The number of anilines is 2. The molecule has 4 heteroatoms. The Labute approximate surface area is 161 Å². The first-order valence-corrected chi connectivity index (χ1v) is 9.47.